The molecule has 0 aromatic heterocycles. The van der Waals surface area contributed by atoms with E-state index < -0.39 is 8.80 Å². The van der Waals surface area contributed by atoms with Gasteiger partial charge in [-0.25, -0.2) is 0 Å². The Balaban J connectivity index is 3.12. The van der Waals surface area contributed by atoms with Gasteiger partial charge in [0.25, 0.3) is 0 Å². The van der Waals surface area contributed by atoms with Crippen molar-refractivity contribution in [1.82, 2.24) is 0 Å². The van der Waals surface area contributed by atoms with E-state index in [0.717, 1.165) is 19.0 Å². The van der Waals surface area contributed by atoms with Crippen molar-refractivity contribution < 1.29 is 13.3 Å². The molecule has 0 atom stereocenters. The molecule has 0 bridgehead atoms. The normalized spacial score (nSPS) is 12.0. The largest absolute Gasteiger partial charge is 0.500 e. The molecule has 0 radical (unpaired) electrons. The third kappa shape index (κ3) is 31.8. The Kier molecular flexibility index (Phi) is 36.6. The van der Waals surface area contributed by atoms with Gasteiger partial charge in [-0.3, -0.25) is 0 Å². The molecule has 0 aliphatic heterocycles. The highest BCUT2D eigenvalue weighted by atomic mass is 28.4. The summed E-state index contributed by atoms with van der Waals surface area (Å²) in [4.78, 5) is 0. The number of unbranched alkanes of at least 4 members (excludes halogenated alkanes) is 32. The van der Waals surface area contributed by atoms with Crippen LogP contribution in [0.1, 0.15) is 212 Å². The Morgan fingerprint density at radius 3 is 0.605 bits per heavy atom. The molecular weight excluding hydrogens is 547 g/mol. The van der Waals surface area contributed by atoms with E-state index in [4.69, 9.17) is 19.0 Å². The molecule has 0 saturated carbocycles. The van der Waals surface area contributed by atoms with Gasteiger partial charge in [0.1, 0.15) is 0 Å². The fourth-order valence-electron chi connectivity index (χ4n) is 6.52. The average molecular weight is 628 g/mol. The zero-order valence-electron chi connectivity index (χ0n) is 30.1. The second-order valence-electron chi connectivity index (χ2n) is 13.5. The van der Waals surface area contributed by atoms with E-state index in [1.165, 1.54) is 205 Å². The van der Waals surface area contributed by atoms with Crippen molar-refractivity contribution in [1.29, 1.82) is 0 Å². The molecular formula is C38H81NO3Si. The fourth-order valence-corrected chi connectivity index (χ4v) is 8.32. The Bertz CT molecular complexity index is 495. The Morgan fingerprint density at radius 2 is 0.442 bits per heavy atom. The zero-order chi connectivity index (χ0) is 31.4. The molecule has 43 heavy (non-hydrogen) atoms. The minimum absolute atomic E-state index is 0.870. The van der Waals surface area contributed by atoms with Crippen molar-refractivity contribution in [2.24, 2.45) is 5.73 Å². The van der Waals surface area contributed by atoms with E-state index >= 15 is 0 Å². The smallest absolute Gasteiger partial charge is 0.377 e. The summed E-state index contributed by atoms with van der Waals surface area (Å²) in [6.07, 6.45) is 47.0. The van der Waals surface area contributed by atoms with Gasteiger partial charge in [-0.15, -0.1) is 0 Å². The summed E-state index contributed by atoms with van der Waals surface area (Å²) >= 11 is 0. The quantitative estimate of drug-likeness (QED) is 0.0546. The van der Waals surface area contributed by atoms with Gasteiger partial charge >= 0.3 is 8.80 Å². The molecule has 0 aromatic carbocycles. The SMILES string of the molecule is CO[Si](CCCCCCCCCCCCCCCCCCCCCCCCCCCCCCCCCCCN)(OC)OC. The van der Waals surface area contributed by atoms with Gasteiger partial charge in [-0.1, -0.05) is 199 Å². The van der Waals surface area contributed by atoms with Gasteiger partial charge in [0, 0.05) is 27.4 Å². The predicted octanol–water partition coefficient (Wildman–Crippen LogP) is 12.7. The summed E-state index contributed by atoms with van der Waals surface area (Å²) in [6, 6.07) is 0.939. The zero-order valence-corrected chi connectivity index (χ0v) is 31.1. The maximum Gasteiger partial charge on any atom is 0.500 e. The molecule has 0 unspecified atom stereocenters. The molecule has 0 heterocycles. The van der Waals surface area contributed by atoms with Crippen molar-refractivity contribution in [2.45, 2.75) is 218 Å². The van der Waals surface area contributed by atoms with Gasteiger partial charge in [0.2, 0.25) is 0 Å². The second kappa shape index (κ2) is 36.5. The summed E-state index contributed by atoms with van der Waals surface area (Å²) in [5.41, 5.74) is 5.55. The van der Waals surface area contributed by atoms with Crippen LogP contribution in [0.15, 0.2) is 0 Å². The molecule has 4 nitrogen and oxygen atoms in total. The van der Waals surface area contributed by atoms with Crippen LogP contribution in [0.5, 0.6) is 0 Å². The molecule has 0 aromatic rings. The Hall–Kier alpha value is 0.0569. The summed E-state index contributed by atoms with van der Waals surface area (Å²) in [5, 5.41) is 0. The number of nitrogens with two attached hydrogens (primary N) is 1. The first-order valence-corrected chi connectivity index (χ1v) is 21.5. The third-order valence-corrected chi connectivity index (χ3v) is 12.5. The van der Waals surface area contributed by atoms with E-state index in [1.807, 2.05) is 0 Å². The molecule has 0 fully saturated rings. The standard InChI is InChI=1S/C38H81NO3Si/c1-40-43(41-2,42-3)38-36-34-32-30-28-26-24-22-20-18-16-14-12-10-8-6-4-5-7-9-11-13-15-17-19-21-23-25-27-29-31-33-35-37-39/h4-39H2,1-3H3. The molecule has 0 rings (SSSR count). The fraction of sp³-hybridized carbons (Fsp3) is 1.00. The Labute approximate surface area is 273 Å². The van der Waals surface area contributed by atoms with Crippen LogP contribution in [0.25, 0.3) is 0 Å². The van der Waals surface area contributed by atoms with Gasteiger partial charge in [0.15, 0.2) is 0 Å². The van der Waals surface area contributed by atoms with Crippen molar-refractivity contribution >= 4 is 8.80 Å². The van der Waals surface area contributed by atoms with Crippen LogP contribution in [0.3, 0.4) is 0 Å². The molecule has 5 heteroatoms. The van der Waals surface area contributed by atoms with E-state index in [2.05, 4.69) is 0 Å². The lowest BCUT2D eigenvalue weighted by Crippen LogP contribution is -2.42. The van der Waals surface area contributed by atoms with Gasteiger partial charge in [-0.2, -0.15) is 0 Å². The summed E-state index contributed by atoms with van der Waals surface area (Å²) in [6.45, 7) is 0.870. The van der Waals surface area contributed by atoms with Crippen LogP contribution >= 0.6 is 0 Å². The average Bonchev–Trinajstić information content (AvgIpc) is 3.03. The maximum atomic E-state index is 5.55. The van der Waals surface area contributed by atoms with Crippen LogP contribution in [0.2, 0.25) is 6.04 Å². The molecule has 260 valence electrons. The van der Waals surface area contributed by atoms with Crippen LogP contribution in [0, 0.1) is 0 Å². The van der Waals surface area contributed by atoms with Crippen LogP contribution < -0.4 is 5.73 Å². The highest BCUT2D eigenvalue weighted by Gasteiger charge is 2.36. The number of rotatable bonds is 38. The summed E-state index contributed by atoms with van der Waals surface area (Å²) < 4.78 is 16.5. The predicted molar refractivity (Wildman–Crippen MR) is 193 cm³/mol. The molecule has 0 saturated heterocycles. The lowest BCUT2D eigenvalue weighted by atomic mass is 10.0. The first-order valence-electron chi connectivity index (χ1n) is 19.6. The minimum Gasteiger partial charge on any atom is -0.377 e. The molecule has 0 aliphatic rings. The topological polar surface area (TPSA) is 53.7 Å². The number of hydrogen-bond donors (Lipinski definition) is 1. The highest BCUT2D eigenvalue weighted by molar-refractivity contribution is 6.60. The van der Waals surface area contributed by atoms with E-state index in [0.29, 0.717) is 0 Å². The second-order valence-corrected chi connectivity index (χ2v) is 16.6. The van der Waals surface area contributed by atoms with Crippen molar-refractivity contribution in [3.05, 3.63) is 0 Å². The highest BCUT2D eigenvalue weighted by Crippen LogP contribution is 2.19. The summed E-state index contributed by atoms with van der Waals surface area (Å²) in [7, 11) is 2.79. The lowest BCUT2D eigenvalue weighted by Gasteiger charge is -2.24. The van der Waals surface area contributed by atoms with Crippen molar-refractivity contribution in [2.75, 3.05) is 27.9 Å². The maximum absolute atomic E-state index is 5.55. The molecule has 2 N–H and O–H groups in total. The van der Waals surface area contributed by atoms with Gasteiger partial charge in [-0.05, 0) is 19.4 Å². The van der Waals surface area contributed by atoms with Crippen molar-refractivity contribution in [3.63, 3.8) is 0 Å². The van der Waals surface area contributed by atoms with Gasteiger partial charge in [0.05, 0.1) is 0 Å². The molecule has 0 spiro atoms. The van der Waals surface area contributed by atoms with Gasteiger partial charge < -0.3 is 19.0 Å². The molecule has 0 amide bonds. The van der Waals surface area contributed by atoms with E-state index in [1.54, 1.807) is 21.3 Å². The minimum atomic E-state index is -2.34. The lowest BCUT2D eigenvalue weighted by molar-refractivity contribution is 0.122. The van der Waals surface area contributed by atoms with Crippen LogP contribution in [-0.4, -0.2) is 36.7 Å². The van der Waals surface area contributed by atoms with E-state index in [-0.39, 0.29) is 0 Å². The van der Waals surface area contributed by atoms with Crippen LogP contribution in [-0.2, 0) is 13.3 Å². The first kappa shape index (κ1) is 43.1. The van der Waals surface area contributed by atoms with Crippen LogP contribution in [0.4, 0.5) is 0 Å². The summed E-state index contributed by atoms with van der Waals surface area (Å²) in [5.74, 6) is 0. The molecule has 0 aliphatic carbocycles. The third-order valence-electron chi connectivity index (χ3n) is 9.62. The monoisotopic (exact) mass is 628 g/mol. The Morgan fingerprint density at radius 1 is 0.279 bits per heavy atom. The number of hydrogen-bond acceptors (Lipinski definition) is 4. The van der Waals surface area contributed by atoms with E-state index in [9.17, 15) is 0 Å². The first-order chi connectivity index (χ1) is 21.2. The van der Waals surface area contributed by atoms with Crippen molar-refractivity contribution in [3.8, 4) is 0 Å².